The number of halogens is 3. The van der Waals surface area contributed by atoms with Gasteiger partial charge in [-0.15, -0.1) is 0 Å². The Morgan fingerprint density at radius 1 is 1.14 bits per heavy atom. The quantitative estimate of drug-likeness (QED) is 0.709. The Labute approximate surface area is 127 Å². The Balaban J connectivity index is 2.06. The zero-order valence-electron chi connectivity index (χ0n) is 10.7. The van der Waals surface area contributed by atoms with Crippen LogP contribution >= 0.6 is 15.9 Å². The summed E-state index contributed by atoms with van der Waals surface area (Å²) in [6, 6.07) is 8.45. The molecule has 0 fully saturated rings. The first kappa shape index (κ1) is 13.9. The molecule has 0 saturated heterocycles. The molecule has 2 aromatic carbocycles. The highest BCUT2D eigenvalue weighted by Gasteiger charge is 2.07. The van der Waals surface area contributed by atoms with Crippen molar-refractivity contribution in [3.63, 3.8) is 0 Å². The third kappa shape index (κ3) is 2.71. The highest BCUT2D eigenvalue weighted by molar-refractivity contribution is 9.10. The molecule has 0 aliphatic carbocycles. The van der Waals surface area contributed by atoms with Gasteiger partial charge in [0.25, 0.3) is 5.56 Å². The molecule has 0 aliphatic heterocycles. The monoisotopic (exact) mass is 350 g/mol. The summed E-state index contributed by atoms with van der Waals surface area (Å²) in [5.41, 5.74) is 0.334. The third-order valence-corrected chi connectivity index (χ3v) is 3.74. The Kier molecular flexibility index (Phi) is 3.55. The molecule has 3 nitrogen and oxygen atoms in total. The molecule has 0 bridgehead atoms. The fourth-order valence-corrected chi connectivity index (χ4v) is 2.50. The molecule has 0 radical (unpaired) electrons. The minimum absolute atomic E-state index is 0.185. The molecule has 0 unspecified atom stereocenters. The van der Waals surface area contributed by atoms with E-state index < -0.39 is 5.82 Å². The molecule has 0 amide bonds. The zero-order valence-corrected chi connectivity index (χ0v) is 12.3. The molecule has 21 heavy (non-hydrogen) atoms. The van der Waals surface area contributed by atoms with E-state index in [0.29, 0.717) is 15.4 Å². The third-order valence-electron chi connectivity index (χ3n) is 3.13. The van der Waals surface area contributed by atoms with Crippen LogP contribution in [0.1, 0.15) is 5.56 Å². The Hall–Kier alpha value is -2.08. The number of rotatable bonds is 2. The maximum atomic E-state index is 13.3. The van der Waals surface area contributed by atoms with Crippen LogP contribution in [0.3, 0.4) is 0 Å². The maximum absolute atomic E-state index is 13.3. The van der Waals surface area contributed by atoms with Crippen LogP contribution in [0.4, 0.5) is 8.78 Å². The van der Waals surface area contributed by atoms with Gasteiger partial charge in [0.1, 0.15) is 11.6 Å². The molecule has 0 N–H and O–H groups in total. The van der Waals surface area contributed by atoms with Crippen LogP contribution < -0.4 is 5.56 Å². The fraction of sp³-hybridized carbons (Fsp3) is 0.0667. The van der Waals surface area contributed by atoms with Gasteiger partial charge >= 0.3 is 0 Å². The summed E-state index contributed by atoms with van der Waals surface area (Å²) in [4.78, 5) is 12.3. The van der Waals surface area contributed by atoms with Gasteiger partial charge in [0, 0.05) is 5.39 Å². The van der Waals surface area contributed by atoms with Gasteiger partial charge < -0.3 is 0 Å². The van der Waals surface area contributed by atoms with Crippen molar-refractivity contribution in [2.45, 2.75) is 6.54 Å². The van der Waals surface area contributed by atoms with Crippen molar-refractivity contribution in [3.05, 3.63) is 74.6 Å². The van der Waals surface area contributed by atoms with Crippen LogP contribution in [0.25, 0.3) is 10.8 Å². The molecule has 1 aromatic heterocycles. The van der Waals surface area contributed by atoms with Gasteiger partial charge in [-0.2, -0.15) is 5.10 Å². The second kappa shape index (κ2) is 5.37. The number of aromatic nitrogens is 2. The highest BCUT2D eigenvalue weighted by atomic mass is 79.9. The van der Waals surface area contributed by atoms with Gasteiger partial charge in [0.05, 0.1) is 22.6 Å². The second-order valence-corrected chi connectivity index (χ2v) is 5.44. The smallest absolute Gasteiger partial charge is 0.267 e. The normalized spacial score (nSPS) is 11.0. The van der Waals surface area contributed by atoms with Gasteiger partial charge in [0.2, 0.25) is 0 Å². The summed E-state index contributed by atoms with van der Waals surface area (Å²) >= 11 is 3.09. The summed E-state index contributed by atoms with van der Waals surface area (Å²) in [6.07, 6.45) is 1.51. The van der Waals surface area contributed by atoms with E-state index in [1.807, 2.05) is 0 Å². The largest absolute Gasteiger partial charge is 0.275 e. The first-order valence-corrected chi connectivity index (χ1v) is 6.93. The van der Waals surface area contributed by atoms with Crippen LogP contribution in [0.5, 0.6) is 0 Å². The highest BCUT2D eigenvalue weighted by Crippen LogP contribution is 2.17. The van der Waals surface area contributed by atoms with Gasteiger partial charge in [-0.25, -0.2) is 13.5 Å². The Morgan fingerprint density at radius 2 is 1.95 bits per heavy atom. The van der Waals surface area contributed by atoms with Crippen LogP contribution in [0.15, 0.2) is 51.9 Å². The number of fused-ring (bicyclic) bond motifs is 1. The molecular weight excluding hydrogens is 342 g/mol. The molecule has 0 spiro atoms. The summed E-state index contributed by atoms with van der Waals surface area (Å²) in [6.45, 7) is 0.185. The van der Waals surface area contributed by atoms with E-state index in [9.17, 15) is 13.6 Å². The minimum atomic E-state index is -0.470. The van der Waals surface area contributed by atoms with E-state index in [1.165, 1.54) is 35.1 Å². The van der Waals surface area contributed by atoms with Crippen LogP contribution in [0, 0.1) is 11.6 Å². The summed E-state index contributed by atoms with van der Waals surface area (Å²) in [5, 5.41) is 4.91. The molecule has 0 saturated carbocycles. The predicted octanol–water partition coefficient (Wildman–Crippen LogP) is 3.49. The first-order valence-electron chi connectivity index (χ1n) is 6.14. The van der Waals surface area contributed by atoms with Crippen molar-refractivity contribution in [1.82, 2.24) is 9.78 Å². The van der Waals surface area contributed by atoms with Gasteiger partial charge in [-0.3, -0.25) is 4.79 Å². The molecule has 106 valence electrons. The van der Waals surface area contributed by atoms with Crippen LogP contribution in [-0.2, 0) is 6.54 Å². The molecule has 1 heterocycles. The van der Waals surface area contributed by atoms with Crippen molar-refractivity contribution < 1.29 is 8.78 Å². The molecule has 0 aliphatic rings. The number of nitrogens with zero attached hydrogens (tertiary/aromatic N) is 2. The molecule has 3 rings (SSSR count). The van der Waals surface area contributed by atoms with Gasteiger partial charge in [0.15, 0.2) is 0 Å². The average Bonchev–Trinajstić information content (AvgIpc) is 2.46. The molecule has 6 heteroatoms. The Bertz CT molecular complexity index is 892. The molecule has 0 atom stereocenters. The lowest BCUT2D eigenvalue weighted by Crippen LogP contribution is -2.23. The molecule has 3 aromatic rings. The lowest BCUT2D eigenvalue weighted by Gasteiger charge is -2.07. The second-order valence-electron chi connectivity index (χ2n) is 4.59. The van der Waals surface area contributed by atoms with Crippen molar-refractivity contribution in [2.75, 3.05) is 0 Å². The average molecular weight is 351 g/mol. The van der Waals surface area contributed by atoms with Crippen molar-refractivity contribution in [2.24, 2.45) is 0 Å². The number of hydrogen-bond donors (Lipinski definition) is 0. The van der Waals surface area contributed by atoms with Gasteiger partial charge in [-0.1, -0.05) is 6.07 Å². The van der Waals surface area contributed by atoms with Crippen LogP contribution in [-0.4, -0.2) is 9.78 Å². The van der Waals surface area contributed by atoms with E-state index in [-0.39, 0.29) is 23.3 Å². The maximum Gasteiger partial charge on any atom is 0.275 e. The lowest BCUT2D eigenvalue weighted by atomic mass is 10.2. The van der Waals surface area contributed by atoms with Crippen molar-refractivity contribution >= 4 is 26.7 Å². The zero-order chi connectivity index (χ0) is 15.0. The van der Waals surface area contributed by atoms with Gasteiger partial charge in [-0.05, 0) is 51.8 Å². The SMILES string of the molecule is O=c1c2cc(F)ccc2cnn1Cc1ccc(F)c(Br)c1. The van der Waals surface area contributed by atoms with E-state index in [1.54, 1.807) is 12.1 Å². The van der Waals surface area contributed by atoms with E-state index in [4.69, 9.17) is 0 Å². The standard InChI is InChI=1S/C15H9BrF2N2O/c16-13-5-9(1-4-14(13)18)8-20-15(21)12-6-11(17)3-2-10(12)7-19-20/h1-7H,8H2. The first-order chi connectivity index (χ1) is 10.0. The topological polar surface area (TPSA) is 34.9 Å². The predicted molar refractivity (Wildman–Crippen MR) is 79.2 cm³/mol. The summed E-state index contributed by atoms with van der Waals surface area (Å²) in [5.74, 6) is -0.846. The lowest BCUT2D eigenvalue weighted by molar-refractivity contribution is 0.613. The van der Waals surface area contributed by atoms with Crippen molar-refractivity contribution in [3.8, 4) is 0 Å². The van der Waals surface area contributed by atoms with E-state index in [0.717, 1.165) is 0 Å². The fourth-order valence-electron chi connectivity index (χ4n) is 2.07. The van der Waals surface area contributed by atoms with Crippen LogP contribution in [0.2, 0.25) is 0 Å². The Morgan fingerprint density at radius 3 is 2.71 bits per heavy atom. The number of benzene rings is 2. The summed E-state index contributed by atoms with van der Waals surface area (Å²) in [7, 11) is 0. The number of hydrogen-bond acceptors (Lipinski definition) is 2. The molecular formula is C15H9BrF2N2O. The van der Waals surface area contributed by atoms with E-state index >= 15 is 0 Å². The minimum Gasteiger partial charge on any atom is -0.267 e. The summed E-state index contributed by atoms with van der Waals surface area (Å²) < 4.78 is 28.0. The van der Waals surface area contributed by atoms with E-state index in [2.05, 4.69) is 21.0 Å². The van der Waals surface area contributed by atoms with Crippen molar-refractivity contribution in [1.29, 1.82) is 0 Å².